The van der Waals surface area contributed by atoms with Crippen molar-refractivity contribution in [2.45, 2.75) is 32.7 Å². The first kappa shape index (κ1) is 15.7. The highest BCUT2D eigenvalue weighted by Crippen LogP contribution is 2.11. The lowest BCUT2D eigenvalue weighted by Gasteiger charge is -2.33. The van der Waals surface area contributed by atoms with Gasteiger partial charge in [-0.05, 0) is 18.8 Å². The van der Waals surface area contributed by atoms with E-state index in [9.17, 15) is 9.59 Å². The summed E-state index contributed by atoms with van der Waals surface area (Å²) in [5, 5.41) is 2.75. The highest BCUT2D eigenvalue weighted by atomic mass is 16.5. The molecular weight excluding hydrogens is 244 g/mol. The fourth-order valence-corrected chi connectivity index (χ4v) is 2.04. The van der Waals surface area contributed by atoms with E-state index in [1.165, 1.54) is 0 Å². The number of hydrogen-bond donors (Lipinski definition) is 1. The summed E-state index contributed by atoms with van der Waals surface area (Å²) in [4.78, 5) is 25.3. The Morgan fingerprint density at radius 3 is 2.84 bits per heavy atom. The molecule has 1 saturated heterocycles. The number of piperazine rings is 1. The fourth-order valence-electron chi connectivity index (χ4n) is 2.04. The van der Waals surface area contributed by atoms with Crippen molar-refractivity contribution in [1.29, 1.82) is 0 Å². The lowest BCUT2D eigenvalue weighted by molar-refractivity contribution is -0.145. The van der Waals surface area contributed by atoms with Crippen molar-refractivity contribution in [2.75, 3.05) is 26.3 Å². The van der Waals surface area contributed by atoms with Gasteiger partial charge in [0.15, 0.2) is 0 Å². The van der Waals surface area contributed by atoms with E-state index in [4.69, 9.17) is 4.74 Å². The smallest absolute Gasteiger partial charge is 0.245 e. The Morgan fingerprint density at radius 1 is 1.47 bits per heavy atom. The van der Waals surface area contributed by atoms with Gasteiger partial charge in [-0.1, -0.05) is 19.9 Å². The molecule has 0 aromatic carbocycles. The van der Waals surface area contributed by atoms with Crippen molar-refractivity contribution < 1.29 is 14.3 Å². The number of amides is 2. The molecule has 1 fully saturated rings. The average molecular weight is 268 g/mol. The standard InChI is InChI=1S/C14H24N2O3/c1-4-5-7-19-8-6-16-10-13(17)15-12(14(16)18)9-11(2)3/h4,11-12H,1,5-10H2,2-3H3,(H,15,17). The molecule has 1 aliphatic rings. The summed E-state index contributed by atoms with van der Waals surface area (Å²) in [5.41, 5.74) is 0. The van der Waals surface area contributed by atoms with Crippen LogP contribution < -0.4 is 5.32 Å². The van der Waals surface area contributed by atoms with Crippen LogP contribution >= 0.6 is 0 Å². The molecule has 1 rings (SSSR count). The normalized spacial score (nSPS) is 19.7. The van der Waals surface area contributed by atoms with E-state index in [1.807, 2.05) is 13.8 Å². The molecule has 19 heavy (non-hydrogen) atoms. The third-order valence-corrected chi connectivity index (χ3v) is 2.96. The van der Waals surface area contributed by atoms with Crippen LogP contribution in [0.15, 0.2) is 12.7 Å². The zero-order valence-corrected chi connectivity index (χ0v) is 11.9. The molecule has 0 saturated carbocycles. The quantitative estimate of drug-likeness (QED) is 0.527. The number of ether oxygens (including phenoxy) is 1. The number of nitrogens with one attached hydrogen (secondary N) is 1. The largest absolute Gasteiger partial charge is 0.379 e. The van der Waals surface area contributed by atoms with Crippen LogP contribution in [0.2, 0.25) is 0 Å². The van der Waals surface area contributed by atoms with Crippen molar-refractivity contribution in [3.05, 3.63) is 12.7 Å². The maximum atomic E-state index is 12.2. The Balaban J connectivity index is 2.41. The summed E-state index contributed by atoms with van der Waals surface area (Å²) < 4.78 is 5.38. The van der Waals surface area contributed by atoms with Crippen LogP contribution in [0, 0.1) is 5.92 Å². The topological polar surface area (TPSA) is 58.6 Å². The van der Waals surface area contributed by atoms with Gasteiger partial charge in [0.1, 0.15) is 6.04 Å². The Hall–Kier alpha value is -1.36. The number of nitrogens with zero attached hydrogens (tertiary/aromatic N) is 1. The van der Waals surface area contributed by atoms with E-state index in [0.717, 1.165) is 6.42 Å². The van der Waals surface area contributed by atoms with Crippen molar-refractivity contribution in [1.82, 2.24) is 10.2 Å². The second-order valence-electron chi connectivity index (χ2n) is 5.20. The first-order chi connectivity index (χ1) is 9.04. The van der Waals surface area contributed by atoms with Gasteiger partial charge >= 0.3 is 0 Å². The lowest BCUT2D eigenvalue weighted by atomic mass is 10.0. The minimum atomic E-state index is -0.380. The van der Waals surface area contributed by atoms with Gasteiger partial charge in [0.2, 0.25) is 11.8 Å². The van der Waals surface area contributed by atoms with Gasteiger partial charge in [0.05, 0.1) is 19.8 Å². The molecule has 0 bridgehead atoms. The first-order valence-corrected chi connectivity index (χ1v) is 6.81. The SMILES string of the molecule is C=CCCOCCN1CC(=O)NC(CC(C)C)C1=O. The minimum Gasteiger partial charge on any atom is -0.379 e. The third-order valence-electron chi connectivity index (χ3n) is 2.96. The van der Waals surface area contributed by atoms with Gasteiger partial charge in [-0.3, -0.25) is 9.59 Å². The summed E-state index contributed by atoms with van der Waals surface area (Å²) in [7, 11) is 0. The molecule has 5 heteroatoms. The maximum absolute atomic E-state index is 12.2. The summed E-state index contributed by atoms with van der Waals surface area (Å²) in [6.45, 7) is 9.36. The van der Waals surface area contributed by atoms with E-state index < -0.39 is 0 Å². The van der Waals surface area contributed by atoms with Gasteiger partial charge in [-0.2, -0.15) is 0 Å². The van der Waals surface area contributed by atoms with Crippen LogP contribution in [0.4, 0.5) is 0 Å². The predicted molar refractivity (Wildman–Crippen MR) is 73.6 cm³/mol. The molecule has 1 N–H and O–H groups in total. The Morgan fingerprint density at radius 2 is 2.21 bits per heavy atom. The Bertz CT molecular complexity index is 329. The van der Waals surface area contributed by atoms with Crippen molar-refractivity contribution in [2.24, 2.45) is 5.92 Å². The summed E-state index contributed by atoms with van der Waals surface area (Å²) in [6.07, 6.45) is 3.26. The van der Waals surface area contributed by atoms with Crippen LogP contribution in [0.1, 0.15) is 26.7 Å². The lowest BCUT2D eigenvalue weighted by Crippen LogP contribution is -2.58. The molecule has 0 spiro atoms. The number of carbonyl (C=O) groups is 2. The highest BCUT2D eigenvalue weighted by molar-refractivity contribution is 5.94. The predicted octanol–water partition coefficient (Wildman–Crippen LogP) is 0.952. The number of hydrogen-bond acceptors (Lipinski definition) is 3. The molecule has 1 unspecified atom stereocenters. The monoisotopic (exact) mass is 268 g/mol. The van der Waals surface area contributed by atoms with Crippen LogP contribution in [0.25, 0.3) is 0 Å². The average Bonchev–Trinajstić information content (AvgIpc) is 2.33. The maximum Gasteiger partial charge on any atom is 0.245 e. The molecule has 0 aromatic rings. The van der Waals surface area contributed by atoms with Gasteiger partial charge in [0.25, 0.3) is 0 Å². The molecule has 1 atom stereocenters. The summed E-state index contributed by atoms with van der Waals surface area (Å²) >= 11 is 0. The zero-order valence-electron chi connectivity index (χ0n) is 11.9. The van der Waals surface area contributed by atoms with Gasteiger partial charge < -0.3 is 15.0 Å². The van der Waals surface area contributed by atoms with E-state index in [1.54, 1.807) is 11.0 Å². The first-order valence-electron chi connectivity index (χ1n) is 6.81. The van der Waals surface area contributed by atoms with E-state index in [-0.39, 0.29) is 24.4 Å². The molecule has 0 aromatic heterocycles. The molecule has 5 nitrogen and oxygen atoms in total. The third kappa shape index (κ3) is 5.42. The van der Waals surface area contributed by atoms with Gasteiger partial charge in [0, 0.05) is 6.54 Å². The van der Waals surface area contributed by atoms with Crippen molar-refractivity contribution >= 4 is 11.8 Å². The van der Waals surface area contributed by atoms with E-state index in [0.29, 0.717) is 32.1 Å². The van der Waals surface area contributed by atoms with Crippen LogP contribution in [0.5, 0.6) is 0 Å². The fraction of sp³-hybridized carbons (Fsp3) is 0.714. The molecule has 2 amide bonds. The number of carbonyl (C=O) groups excluding carboxylic acids is 2. The van der Waals surface area contributed by atoms with Crippen molar-refractivity contribution in [3.8, 4) is 0 Å². The van der Waals surface area contributed by atoms with Gasteiger partial charge in [-0.15, -0.1) is 6.58 Å². The molecule has 1 aliphatic heterocycles. The van der Waals surface area contributed by atoms with E-state index >= 15 is 0 Å². The van der Waals surface area contributed by atoms with Gasteiger partial charge in [-0.25, -0.2) is 0 Å². The number of rotatable bonds is 8. The second kappa shape index (κ2) is 7.94. The zero-order chi connectivity index (χ0) is 14.3. The molecule has 108 valence electrons. The van der Waals surface area contributed by atoms with E-state index in [2.05, 4.69) is 11.9 Å². The van der Waals surface area contributed by atoms with Crippen molar-refractivity contribution in [3.63, 3.8) is 0 Å². The van der Waals surface area contributed by atoms with Crippen LogP contribution in [-0.2, 0) is 14.3 Å². The molecule has 0 aliphatic carbocycles. The summed E-state index contributed by atoms with van der Waals surface area (Å²) in [5.74, 6) is 0.287. The highest BCUT2D eigenvalue weighted by Gasteiger charge is 2.32. The van der Waals surface area contributed by atoms with Crippen LogP contribution in [-0.4, -0.2) is 49.1 Å². The molecular formula is C14H24N2O3. The molecule has 1 heterocycles. The minimum absolute atomic E-state index is 0.000575. The second-order valence-corrected chi connectivity index (χ2v) is 5.20. The van der Waals surface area contributed by atoms with Crippen LogP contribution in [0.3, 0.4) is 0 Å². The Kier molecular flexibility index (Phi) is 6.56. The Labute approximate surface area is 115 Å². The summed E-state index contributed by atoms with van der Waals surface area (Å²) in [6, 6.07) is -0.380. The molecule has 0 radical (unpaired) electrons.